The largest absolute Gasteiger partial charge is 0.293 e. The molecular formula is C15H17NO. The molecule has 0 aliphatic rings. The van der Waals surface area contributed by atoms with Crippen molar-refractivity contribution in [3.63, 3.8) is 0 Å². The van der Waals surface area contributed by atoms with E-state index >= 15 is 0 Å². The number of allylic oxidation sites excluding steroid dienone is 1. The smallest absolute Gasteiger partial charge is 0.175 e. The fourth-order valence-electron chi connectivity index (χ4n) is 1.61. The molecule has 1 aromatic carbocycles. The van der Waals surface area contributed by atoms with Gasteiger partial charge < -0.3 is 0 Å². The van der Waals surface area contributed by atoms with Gasteiger partial charge in [0.2, 0.25) is 0 Å². The minimum absolute atomic E-state index is 0.104. The molecule has 0 aromatic heterocycles. The molecule has 2 nitrogen and oxygen atoms in total. The minimum Gasteiger partial charge on any atom is -0.293 e. The number of hydrogen-bond donors (Lipinski definition) is 0. The molecule has 0 fully saturated rings. The molecule has 0 atom stereocenters. The Hall–Kier alpha value is -1.88. The predicted octanol–water partition coefficient (Wildman–Crippen LogP) is 3.44. The molecule has 88 valence electrons. The van der Waals surface area contributed by atoms with Gasteiger partial charge in [-0.1, -0.05) is 37.6 Å². The van der Waals surface area contributed by atoms with Crippen LogP contribution in [0.1, 0.15) is 30.5 Å². The topological polar surface area (TPSA) is 40.9 Å². The van der Waals surface area contributed by atoms with Crippen LogP contribution < -0.4 is 0 Å². The summed E-state index contributed by atoms with van der Waals surface area (Å²) in [4.78, 5) is 11.8. The van der Waals surface area contributed by atoms with Crippen LogP contribution in [-0.4, -0.2) is 5.78 Å². The first kappa shape index (κ1) is 13.2. The molecule has 0 amide bonds. The molecule has 0 aliphatic carbocycles. The summed E-state index contributed by atoms with van der Waals surface area (Å²) in [5.41, 5.74) is 3.41. The lowest BCUT2D eigenvalue weighted by Crippen LogP contribution is -2.08. The molecule has 0 saturated heterocycles. The first-order valence-electron chi connectivity index (χ1n) is 5.69. The highest BCUT2D eigenvalue weighted by Crippen LogP contribution is 2.16. The van der Waals surface area contributed by atoms with Gasteiger partial charge in [0.15, 0.2) is 5.78 Å². The summed E-state index contributed by atoms with van der Waals surface area (Å²) >= 11 is 0. The maximum Gasteiger partial charge on any atom is 0.175 e. The van der Waals surface area contributed by atoms with E-state index in [4.69, 9.17) is 5.26 Å². The number of nitriles is 1. The maximum atomic E-state index is 11.8. The number of benzene rings is 1. The number of hydrogen-bond acceptors (Lipinski definition) is 2. The van der Waals surface area contributed by atoms with Gasteiger partial charge in [0, 0.05) is 5.92 Å². The van der Waals surface area contributed by atoms with Gasteiger partial charge in [0.05, 0.1) is 5.57 Å². The second-order valence-corrected chi connectivity index (χ2v) is 4.55. The van der Waals surface area contributed by atoms with E-state index < -0.39 is 0 Å². The molecule has 0 aliphatic heterocycles. The van der Waals surface area contributed by atoms with E-state index in [1.54, 1.807) is 19.9 Å². The number of nitrogens with zero attached hydrogens (tertiary/aromatic N) is 1. The lowest BCUT2D eigenvalue weighted by Gasteiger charge is -2.05. The molecule has 0 spiro atoms. The molecular weight excluding hydrogens is 210 g/mol. The van der Waals surface area contributed by atoms with Crippen molar-refractivity contribution >= 4 is 11.9 Å². The molecule has 0 bridgehead atoms. The molecule has 0 N–H and O–H groups in total. The summed E-state index contributed by atoms with van der Waals surface area (Å²) in [6.45, 7) is 7.60. The van der Waals surface area contributed by atoms with Crippen molar-refractivity contribution in [1.29, 1.82) is 5.26 Å². The quantitative estimate of drug-likeness (QED) is 0.586. The highest BCUT2D eigenvalue weighted by atomic mass is 16.1. The van der Waals surface area contributed by atoms with Crippen LogP contribution in [0.5, 0.6) is 0 Å². The molecule has 2 heteroatoms. The Balaban J connectivity index is 3.17. The van der Waals surface area contributed by atoms with Crippen molar-refractivity contribution in [2.24, 2.45) is 5.92 Å². The molecule has 1 aromatic rings. The van der Waals surface area contributed by atoms with Gasteiger partial charge in [-0.25, -0.2) is 0 Å². The maximum absolute atomic E-state index is 11.8. The summed E-state index contributed by atoms with van der Waals surface area (Å²) < 4.78 is 0. The van der Waals surface area contributed by atoms with Gasteiger partial charge in [-0.05, 0) is 31.1 Å². The van der Waals surface area contributed by atoms with Gasteiger partial charge in [-0.15, -0.1) is 0 Å². The van der Waals surface area contributed by atoms with Crippen LogP contribution in [0.3, 0.4) is 0 Å². The van der Waals surface area contributed by atoms with Crippen LogP contribution >= 0.6 is 0 Å². The Kier molecular flexibility index (Phi) is 4.23. The van der Waals surface area contributed by atoms with Crippen LogP contribution in [0.4, 0.5) is 0 Å². The van der Waals surface area contributed by atoms with Crippen LogP contribution in [0.15, 0.2) is 23.8 Å². The van der Waals surface area contributed by atoms with Gasteiger partial charge >= 0.3 is 0 Å². The Morgan fingerprint density at radius 2 is 2.00 bits per heavy atom. The number of carbonyl (C=O) groups is 1. The first-order valence-corrected chi connectivity index (χ1v) is 5.69. The third kappa shape index (κ3) is 3.29. The van der Waals surface area contributed by atoms with Crippen molar-refractivity contribution in [3.8, 4) is 6.07 Å². The summed E-state index contributed by atoms with van der Waals surface area (Å²) in [5, 5.41) is 9.01. The van der Waals surface area contributed by atoms with E-state index in [0.29, 0.717) is 0 Å². The predicted molar refractivity (Wildman–Crippen MR) is 69.4 cm³/mol. The average molecular weight is 227 g/mol. The van der Waals surface area contributed by atoms with E-state index in [0.717, 1.165) is 11.1 Å². The molecule has 0 heterocycles. The van der Waals surface area contributed by atoms with Crippen molar-refractivity contribution in [2.75, 3.05) is 0 Å². The summed E-state index contributed by atoms with van der Waals surface area (Å²) in [5.74, 6) is -0.251. The normalized spacial score (nSPS) is 11.4. The van der Waals surface area contributed by atoms with Gasteiger partial charge in [-0.3, -0.25) is 4.79 Å². The van der Waals surface area contributed by atoms with Crippen molar-refractivity contribution in [3.05, 3.63) is 40.5 Å². The Bertz CT molecular complexity index is 504. The summed E-state index contributed by atoms with van der Waals surface area (Å²) in [7, 11) is 0. The average Bonchev–Trinajstić information content (AvgIpc) is 2.27. The lowest BCUT2D eigenvalue weighted by molar-refractivity contribution is -0.117. The van der Waals surface area contributed by atoms with Gasteiger partial charge in [-0.2, -0.15) is 5.26 Å². The van der Waals surface area contributed by atoms with Crippen molar-refractivity contribution in [2.45, 2.75) is 27.7 Å². The molecule has 17 heavy (non-hydrogen) atoms. The molecule has 0 unspecified atom stereocenters. The minimum atomic E-state index is -0.147. The number of carbonyl (C=O) groups excluding carboxylic acids is 1. The van der Waals surface area contributed by atoms with Crippen LogP contribution in [0, 0.1) is 31.1 Å². The number of Topliss-reactive ketones (excluding diaryl/α,β-unsaturated/α-hetero) is 1. The SMILES string of the molecule is Cc1ccc(/C=C(\C#N)C(=O)C(C)C)c(C)c1. The molecule has 0 radical (unpaired) electrons. The van der Waals surface area contributed by atoms with E-state index in [1.165, 1.54) is 5.56 Å². The zero-order chi connectivity index (χ0) is 13.0. The van der Waals surface area contributed by atoms with Crippen LogP contribution in [0.2, 0.25) is 0 Å². The van der Waals surface area contributed by atoms with E-state index in [1.807, 2.05) is 38.1 Å². The van der Waals surface area contributed by atoms with Gasteiger partial charge in [0.1, 0.15) is 6.07 Å². The Morgan fingerprint density at radius 3 is 2.47 bits per heavy atom. The number of rotatable bonds is 3. The monoisotopic (exact) mass is 227 g/mol. The molecule has 1 rings (SSSR count). The van der Waals surface area contributed by atoms with E-state index in [2.05, 4.69) is 0 Å². The van der Waals surface area contributed by atoms with Crippen molar-refractivity contribution in [1.82, 2.24) is 0 Å². The standard InChI is InChI=1S/C15H17NO/c1-10(2)15(17)14(9-16)8-13-6-5-11(3)7-12(13)4/h5-8,10H,1-4H3/b14-8+. The first-order chi connectivity index (χ1) is 7.95. The van der Waals surface area contributed by atoms with Gasteiger partial charge in [0.25, 0.3) is 0 Å². The Labute approximate surface area is 103 Å². The number of ketones is 1. The second-order valence-electron chi connectivity index (χ2n) is 4.55. The summed E-state index contributed by atoms with van der Waals surface area (Å²) in [6.07, 6.45) is 1.68. The zero-order valence-corrected chi connectivity index (χ0v) is 10.7. The van der Waals surface area contributed by atoms with Crippen molar-refractivity contribution < 1.29 is 4.79 Å². The zero-order valence-electron chi connectivity index (χ0n) is 10.7. The lowest BCUT2D eigenvalue weighted by atomic mass is 9.98. The summed E-state index contributed by atoms with van der Waals surface area (Å²) in [6, 6.07) is 7.95. The Morgan fingerprint density at radius 1 is 1.35 bits per heavy atom. The third-order valence-corrected chi connectivity index (χ3v) is 2.64. The van der Waals surface area contributed by atoms with Crippen LogP contribution in [-0.2, 0) is 4.79 Å². The number of aryl methyl sites for hydroxylation is 2. The fraction of sp³-hybridized carbons (Fsp3) is 0.333. The molecule has 0 saturated carbocycles. The highest BCUT2D eigenvalue weighted by Gasteiger charge is 2.13. The third-order valence-electron chi connectivity index (χ3n) is 2.64. The van der Waals surface area contributed by atoms with E-state index in [9.17, 15) is 4.79 Å². The second kappa shape index (κ2) is 5.45. The highest BCUT2D eigenvalue weighted by molar-refractivity contribution is 6.04. The van der Waals surface area contributed by atoms with Crippen LogP contribution in [0.25, 0.3) is 6.08 Å². The fourth-order valence-corrected chi connectivity index (χ4v) is 1.61. The van der Waals surface area contributed by atoms with E-state index in [-0.39, 0.29) is 17.3 Å².